The molecule has 1 aromatic carbocycles. The predicted molar refractivity (Wildman–Crippen MR) is 101 cm³/mol. The molecule has 3 aliphatic carbocycles. The number of nitrogens with one attached hydrogen (secondary N) is 2. The zero-order chi connectivity index (χ0) is 21.7. The van der Waals surface area contributed by atoms with Crippen molar-refractivity contribution in [1.29, 1.82) is 0 Å². The third-order valence-electron chi connectivity index (χ3n) is 6.97. The number of nitrogens with two attached hydrogens (primary N) is 1. The van der Waals surface area contributed by atoms with Gasteiger partial charge in [0.25, 0.3) is 0 Å². The van der Waals surface area contributed by atoms with Crippen LogP contribution in [-0.2, 0) is 15.8 Å². The van der Waals surface area contributed by atoms with Gasteiger partial charge in [-0.1, -0.05) is 25.0 Å². The van der Waals surface area contributed by atoms with Crippen LogP contribution in [0.5, 0.6) is 0 Å². The number of imide groups is 1. The third kappa shape index (κ3) is 3.65. The maximum Gasteiger partial charge on any atom is 0.416 e. The van der Waals surface area contributed by atoms with Crippen molar-refractivity contribution in [3.05, 3.63) is 35.4 Å². The first-order chi connectivity index (χ1) is 14.1. The van der Waals surface area contributed by atoms with Gasteiger partial charge in [0.05, 0.1) is 17.0 Å². The normalized spacial score (nSPS) is 28.8. The molecule has 4 rings (SSSR count). The van der Waals surface area contributed by atoms with E-state index in [4.69, 9.17) is 5.73 Å². The van der Waals surface area contributed by atoms with Crippen LogP contribution in [0.4, 0.5) is 18.0 Å². The van der Waals surface area contributed by atoms with E-state index in [0.29, 0.717) is 18.4 Å². The maximum absolute atomic E-state index is 13.2. The van der Waals surface area contributed by atoms with Crippen LogP contribution in [-0.4, -0.2) is 17.8 Å². The van der Waals surface area contributed by atoms with Crippen molar-refractivity contribution in [1.82, 2.24) is 10.6 Å². The lowest BCUT2D eigenvalue weighted by Crippen LogP contribution is -2.49. The van der Waals surface area contributed by atoms with E-state index in [0.717, 1.165) is 37.8 Å². The SMILES string of the molecule is NC(=O)NC(=O)[C@]12CC1[C@H](C(=O)N[C@@H](c1cccc(C(F)(F)F)c1)C1CCCC1)C2. The highest BCUT2D eigenvalue weighted by Crippen LogP contribution is 2.70. The number of amides is 4. The first-order valence-electron chi connectivity index (χ1n) is 10.2. The Hall–Kier alpha value is -2.58. The Morgan fingerprint density at radius 2 is 1.83 bits per heavy atom. The fraction of sp³-hybridized carbons (Fsp3) is 0.571. The second-order valence-corrected chi connectivity index (χ2v) is 8.75. The second kappa shape index (κ2) is 7.28. The molecule has 4 atom stereocenters. The van der Waals surface area contributed by atoms with E-state index in [1.54, 1.807) is 6.07 Å². The van der Waals surface area contributed by atoms with Gasteiger partial charge in [-0.3, -0.25) is 14.9 Å². The average molecular weight is 423 g/mol. The molecule has 0 saturated heterocycles. The summed E-state index contributed by atoms with van der Waals surface area (Å²) in [5, 5.41) is 5.06. The molecule has 0 aliphatic heterocycles. The number of carbonyl (C=O) groups excluding carboxylic acids is 3. The van der Waals surface area contributed by atoms with Crippen molar-refractivity contribution < 1.29 is 27.6 Å². The Kier molecular flexibility index (Phi) is 5.02. The van der Waals surface area contributed by atoms with E-state index in [1.807, 2.05) is 0 Å². The summed E-state index contributed by atoms with van der Waals surface area (Å²) < 4.78 is 39.5. The largest absolute Gasteiger partial charge is 0.416 e. The lowest BCUT2D eigenvalue weighted by Gasteiger charge is -2.34. The van der Waals surface area contributed by atoms with Gasteiger partial charge in [0.2, 0.25) is 11.8 Å². The average Bonchev–Trinajstić information content (AvgIpc) is 3.03. The molecule has 0 radical (unpaired) electrons. The third-order valence-corrected chi connectivity index (χ3v) is 6.97. The lowest BCUT2D eigenvalue weighted by atomic mass is 9.73. The molecule has 1 aromatic rings. The van der Waals surface area contributed by atoms with Crippen molar-refractivity contribution in [2.75, 3.05) is 0 Å². The molecule has 0 spiro atoms. The van der Waals surface area contributed by atoms with Crippen LogP contribution in [0.3, 0.4) is 0 Å². The van der Waals surface area contributed by atoms with Crippen molar-refractivity contribution in [2.45, 2.75) is 50.7 Å². The fourth-order valence-electron chi connectivity index (χ4n) is 5.27. The number of hydrogen-bond donors (Lipinski definition) is 3. The summed E-state index contributed by atoms with van der Waals surface area (Å²) in [5.41, 5.74) is 4.02. The number of fused-ring (bicyclic) bond motifs is 1. The highest BCUT2D eigenvalue weighted by molar-refractivity contribution is 6.01. The Balaban J connectivity index is 1.47. The second-order valence-electron chi connectivity index (χ2n) is 8.75. The molecule has 4 N–H and O–H groups in total. The van der Waals surface area contributed by atoms with E-state index >= 15 is 0 Å². The van der Waals surface area contributed by atoms with E-state index in [9.17, 15) is 27.6 Å². The zero-order valence-electron chi connectivity index (χ0n) is 16.3. The molecule has 30 heavy (non-hydrogen) atoms. The number of carbonyl (C=O) groups is 3. The number of urea groups is 1. The monoisotopic (exact) mass is 423 g/mol. The van der Waals surface area contributed by atoms with Crippen LogP contribution >= 0.6 is 0 Å². The minimum Gasteiger partial charge on any atom is -0.351 e. The highest BCUT2D eigenvalue weighted by atomic mass is 19.4. The molecule has 0 aromatic heterocycles. The smallest absolute Gasteiger partial charge is 0.351 e. The van der Waals surface area contributed by atoms with Gasteiger partial charge in [0, 0.05) is 5.92 Å². The standard InChI is InChI=1S/C21H24F3N3O3/c22-21(23,24)13-7-3-6-12(8-13)16(11-4-1-2-5-11)26-17(28)14-9-20(10-15(14)20)18(29)27-19(25)30/h3,6-8,11,14-16H,1-2,4-5,9-10H2,(H,26,28)(H3,25,27,29,30)/t14-,15?,16-,20-/m1/s1. The quantitative estimate of drug-likeness (QED) is 0.677. The van der Waals surface area contributed by atoms with Crippen molar-refractivity contribution in [2.24, 2.45) is 28.9 Å². The van der Waals surface area contributed by atoms with Crippen LogP contribution in [0.2, 0.25) is 0 Å². The molecule has 9 heteroatoms. The number of alkyl halides is 3. The molecule has 0 heterocycles. The van der Waals surface area contributed by atoms with Gasteiger partial charge >= 0.3 is 12.2 Å². The summed E-state index contributed by atoms with van der Waals surface area (Å²) in [7, 11) is 0. The molecule has 3 fully saturated rings. The molecule has 3 aliphatic rings. The fourth-order valence-corrected chi connectivity index (χ4v) is 5.27. The summed E-state index contributed by atoms with van der Waals surface area (Å²) in [6.45, 7) is 0. The number of rotatable bonds is 5. The molecule has 6 nitrogen and oxygen atoms in total. The summed E-state index contributed by atoms with van der Waals surface area (Å²) in [5.74, 6) is -1.14. The highest BCUT2D eigenvalue weighted by Gasteiger charge is 2.73. The van der Waals surface area contributed by atoms with Crippen LogP contribution in [0.15, 0.2) is 24.3 Å². The number of primary amides is 1. The van der Waals surface area contributed by atoms with Gasteiger partial charge in [-0.2, -0.15) is 13.2 Å². The molecule has 4 amide bonds. The molecular formula is C21H24F3N3O3. The zero-order valence-corrected chi connectivity index (χ0v) is 16.3. The van der Waals surface area contributed by atoms with E-state index in [-0.39, 0.29) is 23.7 Å². The summed E-state index contributed by atoms with van der Waals surface area (Å²) in [4.78, 5) is 35.9. The summed E-state index contributed by atoms with van der Waals surface area (Å²) in [6, 6.07) is 3.73. The van der Waals surface area contributed by atoms with Crippen LogP contribution in [0, 0.1) is 23.2 Å². The Morgan fingerprint density at radius 3 is 2.43 bits per heavy atom. The van der Waals surface area contributed by atoms with Gasteiger partial charge < -0.3 is 11.1 Å². The van der Waals surface area contributed by atoms with Crippen molar-refractivity contribution >= 4 is 17.8 Å². The Bertz CT molecular complexity index is 882. The summed E-state index contributed by atoms with van der Waals surface area (Å²) >= 11 is 0. The number of hydrogen-bond acceptors (Lipinski definition) is 3. The molecule has 1 unspecified atom stereocenters. The van der Waals surface area contributed by atoms with Crippen LogP contribution in [0.25, 0.3) is 0 Å². The Labute approximate surface area is 171 Å². The van der Waals surface area contributed by atoms with E-state index in [2.05, 4.69) is 10.6 Å². The van der Waals surface area contributed by atoms with Crippen LogP contribution in [0.1, 0.15) is 55.7 Å². The molecular weight excluding hydrogens is 399 g/mol. The van der Waals surface area contributed by atoms with E-state index in [1.165, 1.54) is 6.07 Å². The molecule has 0 bridgehead atoms. The predicted octanol–water partition coefficient (Wildman–Crippen LogP) is 3.27. The Morgan fingerprint density at radius 1 is 1.13 bits per heavy atom. The van der Waals surface area contributed by atoms with Gasteiger partial charge in [-0.15, -0.1) is 0 Å². The van der Waals surface area contributed by atoms with Gasteiger partial charge in [-0.05, 0) is 55.2 Å². The molecule has 162 valence electrons. The number of halogens is 3. The van der Waals surface area contributed by atoms with Gasteiger partial charge in [0.1, 0.15) is 0 Å². The van der Waals surface area contributed by atoms with Crippen LogP contribution < -0.4 is 16.4 Å². The number of benzene rings is 1. The minimum atomic E-state index is -4.45. The van der Waals surface area contributed by atoms with Gasteiger partial charge in [0.15, 0.2) is 0 Å². The van der Waals surface area contributed by atoms with Crippen molar-refractivity contribution in [3.63, 3.8) is 0 Å². The first kappa shape index (κ1) is 20.7. The van der Waals surface area contributed by atoms with Gasteiger partial charge in [-0.25, -0.2) is 4.79 Å². The van der Waals surface area contributed by atoms with E-state index < -0.39 is 35.1 Å². The maximum atomic E-state index is 13.2. The topological polar surface area (TPSA) is 101 Å². The molecule has 3 saturated carbocycles. The first-order valence-corrected chi connectivity index (χ1v) is 10.2. The lowest BCUT2D eigenvalue weighted by molar-refractivity contribution is -0.138. The summed E-state index contributed by atoms with van der Waals surface area (Å²) in [6.07, 6.45) is 0.0530. The minimum absolute atomic E-state index is 0.0830. The van der Waals surface area contributed by atoms with Crippen molar-refractivity contribution in [3.8, 4) is 0 Å².